The van der Waals surface area contributed by atoms with Crippen molar-refractivity contribution in [3.05, 3.63) is 76.7 Å². The van der Waals surface area contributed by atoms with Gasteiger partial charge in [0.25, 0.3) is 5.91 Å². The van der Waals surface area contributed by atoms with Crippen molar-refractivity contribution in [1.29, 1.82) is 0 Å². The van der Waals surface area contributed by atoms with Crippen LogP contribution < -0.4 is 9.64 Å². The quantitative estimate of drug-likeness (QED) is 0.408. The van der Waals surface area contributed by atoms with E-state index in [-0.39, 0.29) is 5.91 Å². The highest BCUT2D eigenvalue weighted by Crippen LogP contribution is 2.33. The van der Waals surface area contributed by atoms with Gasteiger partial charge in [-0.3, -0.25) is 9.69 Å². The third-order valence-corrected chi connectivity index (χ3v) is 5.56. The molecule has 0 radical (unpaired) electrons. The number of methoxy groups -OCH3 is 1. The van der Waals surface area contributed by atoms with E-state index in [1.54, 1.807) is 36.5 Å². The maximum atomic E-state index is 13.2. The summed E-state index contributed by atoms with van der Waals surface area (Å²) in [6.45, 7) is 0.301. The minimum Gasteiger partial charge on any atom is -0.497 e. The molecule has 1 amide bonds. The molecule has 136 valence electrons. The molecule has 7 heteroatoms. The smallest absolute Gasteiger partial charge is 0.260 e. The van der Waals surface area contributed by atoms with E-state index >= 15 is 0 Å². The van der Waals surface area contributed by atoms with Crippen LogP contribution in [0.5, 0.6) is 5.75 Å². The van der Waals surface area contributed by atoms with Crippen molar-refractivity contribution >= 4 is 48.5 Å². The highest BCUT2D eigenvalue weighted by Gasteiger charge is 2.23. The van der Waals surface area contributed by atoms with E-state index in [9.17, 15) is 4.79 Å². The Morgan fingerprint density at radius 2 is 2.11 bits per heavy atom. The van der Waals surface area contributed by atoms with Crippen LogP contribution in [0.1, 0.15) is 16.1 Å². The summed E-state index contributed by atoms with van der Waals surface area (Å²) in [7, 11) is 1.63. The Morgan fingerprint density at radius 1 is 1.22 bits per heavy atom. The third kappa shape index (κ3) is 3.74. The van der Waals surface area contributed by atoms with Crippen molar-refractivity contribution in [2.75, 3.05) is 12.0 Å². The van der Waals surface area contributed by atoms with Crippen LogP contribution in [-0.4, -0.2) is 18.0 Å². The van der Waals surface area contributed by atoms with Gasteiger partial charge in [-0.2, -0.15) is 0 Å². The number of rotatable bonds is 5. The van der Waals surface area contributed by atoms with E-state index < -0.39 is 0 Å². The van der Waals surface area contributed by atoms with Crippen LogP contribution >= 0.6 is 27.3 Å². The van der Waals surface area contributed by atoms with Gasteiger partial charge < -0.3 is 9.15 Å². The lowest BCUT2D eigenvalue weighted by Gasteiger charge is -2.19. The van der Waals surface area contributed by atoms with Crippen LogP contribution in [0.2, 0.25) is 0 Å². The van der Waals surface area contributed by atoms with Crippen LogP contribution in [0.15, 0.2) is 69.8 Å². The summed E-state index contributed by atoms with van der Waals surface area (Å²) in [5, 5.41) is 0.611. The van der Waals surface area contributed by atoms with Gasteiger partial charge in [0.15, 0.2) is 5.13 Å². The fraction of sp³-hybridized carbons (Fsp3) is 0.100. The van der Waals surface area contributed by atoms with Crippen LogP contribution in [0.25, 0.3) is 10.2 Å². The molecular formula is C20H15BrN2O3S. The van der Waals surface area contributed by atoms with Gasteiger partial charge in [0.1, 0.15) is 11.5 Å². The second-order valence-corrected chi connectivity index (χ2v) is 7.74. The Labute approximate surface area is 168 Å². The van der Waals surface area contributed by atoms with Crippen molar-refractivity contribution < 1.29 is 13.9 Å². The van der Waals surface area contributed by atoms with Crippen LogP contribution in [0, 0.1) is 0 Å². The third-order valence-electron chi connectivity index (χ3n) is 4.03. The molecule has 0 atom stereocenters. The average Bonchev–Trinajstić information content (AvgIpc) is 3.34. The fourth-order valence-electron chi connectivity index (χ4n) is 2.70. The first-order chi connectivity index (χ1) is 13.1. The Hall–Kier alpha value is -2.64. The van der Waals surface area contributed by atoms with Crippen molar-refractivity contribution in [3.8, 4) is 5.75 Å². The topological polar surface area (TPSA) is 55.6 Å². The number of benzene rings is 2. The number of amides is 1. The number of hydrogen-bond donors (Lipinski definition) is 0. The first kappa shape index (κ1) is 17.8. The Kier molecular flexibility index (Phi) is 4.96. The van der Waals surface area contributed by atoms with E-state index in [1.807, 2.05) is 36.4 Å². The Balaban J connectivity index is 1.76. The van der Waals surface area contributed by atoms with E-state index in [1.165, 1.54) is 11.3 Å². The van der Waals surface area contributed by atoms with Crippen molar-refractivity contribution in [1.82, 2.24) is 4.98 Å². The number of anilines is 1. The van der Waals surface area contributed by atoms with Gasteiger partial charge in [-0.1, -0.05) is 33.3 Å². The average molecular weight is 443 g/mol. The molecule has 2 heterocycles. The number of hydrogen-bond acceptors (Lipinski definition) is 5. The highest BCUT2D eigenvalue weighted by molar-refractivity contribution is 9.10. The van der Waals surface area contributed by atoms with E-state index in [0.29, 0.717) is 23.0 Å². The van der Waals surface area contributed by atoms with E-state index in [4.69, 9.17) is 9.15 Å². The maximum absolute atomic E-state index is 13.2. The molecule has 0 fully saturated rings. The lowest BCUT2D eigenvalue weighted by Crippen LogP contribution is -2.30. The van der Waals surface area contributed by atoms with Crippen LogP contribution in [0.3, 0.4) is 0 Å². The molecule has 4 rings (SSSR count). The number of thiazole rings is 1. The normalized spacial score (nSPS) is 10.9. The number of halogens is 1. The zero-order valence-electron chi connectivity index (χ0n) is 14.4. The van der Waals surface area contributed by atoms with Gasteiger partial charge in [-0.05, 0) is 48.5 Å². The van der Waals surface area contributed by atoms with Gasteiger partial charge in [-0.25, -0.2) is 4.98 Å². The summed E-state index contributed by atoms with van der Waals surface area (Å²) < 4.78 is 12.5. The molecule has 0 saturated carbocycles. The highest BCUT2D eigenvalue weighted by atomic mass is 79.9. The molecule has 27 heavy (non-hydrogen) atoms. The van der Waals surface area contributed by atoms with Crippen LogP contribution in [-0.2, 0) is 6.54 Å². The van der Waals surface area contributed by atoms with Gasteiger partial charge in [-0.15, -0.1) is 0 Å². The maximum Gasteiger partial charge on any atom is 0.260 e. The van der Waals surface area contributed by atoms with E-state index in [0.717, 1.165) is 20.4 Å². The molecule has 0 spiro atoms. The molecule has 0 aliphatic heterocycles. The lowest BCUT2D eigenvalue weighted by molar-refractivity contribution is 0.0983. The lowest BCUT2D eigenvalue weighted by atomic mass is 10.2. The van der Waals surface area contributed by atoms with E-state index in [2.05, 4.69) is 20.9 Å². The largest absolute Gasteiger partial charge is 0.497 e. The summed E-state index contributed by atoms with van der Waals surface area (Å²) in [4.78, 5) is 19.5. The minimum absolute atomic E-state index is 0.140. The Bertz CT molecular complexity index is 1090. The first-order valence-corrected chi connectivity index (χ1v) is 9.79. The summed E-state index contributed by atoms with van der Waals surface area (Å²) in [6, 6.07) is 16.6. The number of carbonyl (C=O) groups is 1. The summed E-state index contributed by atoms with van der Waals surface area (Å²) in [6.07, 6.45) is 1.60. The van der Waals surface area contributed by atoms with Gasteiger partial charge in [0.2, 0.25) is 0 Å². The number of fused-ring (bicyclic) bond motifs is 1. The monoisotopic (exact) mass is 442 g/mol. The Morgan fingerprint density at radius 3 is 2.85 bits per heavy atom. The van der Waals surface area contributed by atoms with Gasteiger partial charge in [0.05, 0.1) is 30.1 Å². The van der Waals surface area contributed by atoms with Gasteiger partial charge in [0, 0.05) is 10.0 Å². The van der Waals surface area contributed by atoms with Crippen molar-refractivity contribution in [2.24, 2.45) is 0 Å². The zero-order chi connectivity index (χ0) is 18.8. The summed E-state index contributed by atoms with van der Waals surface area (Å²) in [5.41, 5.74) is 1.40. The molecular weight excluding hydrogens is 428 g/mol. The number of nitrogens with zero attached hydrogens (tertiary/aromatic N) is 2. The molecule has 2 aromatic heterocycles. The predicted molar refractivity (Wildman–Crippen MR) is 110 cm³/mol. The van der Waals surface area contributed by atoms with Crippen LogP contribution in [0.4, 0.5) is 5.13 Å². The molecule has 2 aromatic carbocycles. The number of aromatic nitrogens is 1. The molecule has 4 aromatic rings. The SMILES string of the molecule is COc1ccc2nc(N(Cc3ccco3)C(=O)c3cccc(Br)c3)sc2c1. The first-order valence-electron chi connectivity index (χ1n) is 8.18. The predicted octanol–water partition coefficient (Wildman–Crippen LogP) is 5.51. The standard InChI is InChI=1S/C20H15BrN2O3S/c1-25-15-7-8-17-18(11-15)27-20(22-17)23(12-16-6-3-9-26-16)19(24)13-4-2-5-14(21)10-13/h2-11H,12H2,1H3. The van der Waals surface area contributed by atoms with Crippen molar-refractivity contribution in [2.45, 2.75) is 6.54 Å². The molecule has 0 unspecified atom stereocenters. The molecule has 0 bridgehead atoms. The second-order valence-electron chi connectivity index (χ2n) is 5.81. The number of furan rings is 1. The van der Waals surface area contributed by atoms with Gasteiger partial charge >= 0.3 is 0 Å². The summed E-state index contributed by atoms with van der Waals surface area (Å²) in [5.74, 6) is 1.31. The molecule has 0 aliphatic rings. The minimum atomic E-state index is -0.140. The summed E-state index contributed by atoms with van der Waals surface area (Å²) >= 11 is 4.87. The molecule has 0 aliphatic carbocycles. The van der Waals surface area contributed by atoms with Crippen molar-refractivity contribution in [3.63, 3.8) is 0 Å². The number of ether oxygens (including phenoxy) is 1. The zero-order valence-corrected chi connectivity index (χ0v) is 16.8. The fourth-order valence-corrected chi connectivity index (χ4v) is 4.09. The second kappa shape index (κ2) is 7.54. The molecule has 5 nitrogen and oxygen atoms in total. The number of carbonyl (C=O) groups excluding carboxylic acids is 1. The molecule has 0 N–H and O–H groups in total. The molecule has 0 saturated heterocycles.